The average molecular weight is 484 g/mol. The molecule has 0 saturated carbocycles. The van der Waals surface area contributed by atoms with E-state index in [9.17, 15) is 13.2 Å². The zero-order chi connectivity index (χ0) is 23.7. The van der Waals surface area contributed by atoms with Gasteiger partial charge in [-0.25, -0.2) is 4.72 Å². The molecule has 2 N–H and O–H groups in total. The van der Waals surface area contributed by atoms with Crippen molar-refractivity contribution in [2.75, 3.05) is 13.7 Å². The number of rotatable bonds is 6. The van der Waals surface area contributed by atoms with Crippen molar-refractivity contribution in [3.63, 3.8) is 0 Å². The van der Waals surface area contributed by atoms with Gasteiger partial charge in [-0.3, -0.25) is 4.79 Å². The zero-order valence-electron chi connectivity index (χ0n) is 18.1. The fourth-order valence-electron chi connectivity index (χ4n) is 3.81. The van der Waals surface area contributed by atoms with Crippen LogP contribution in [0.25, 0.3) is 0 Å². The molecule has 2 aromatic carbocycles. The molecule has 0 bridgehead atoms. The van der Waals surface area contributed by atoms with Crippen LogP contribution in [0.5, 0.6) is 29.0 Å². The van der Waals surface area contributed by atoms with Crippen molar-refractivity contribution in [3.05, 3.63) is 71.8 Å². The summed E-state index contributed by atoms with van der Waals surface area (Å²) < 4.78 is 50.8. The summed E-state index contributed by atoms with van der Waals surface area (Å²) in [5, 5.41) is 0. The molecule has 1 unspecified atom stereocenters. The minimum absolute atomic E-state index is 0.0220. The molecule has 2 aliphatic rings. The Morgan fingerprint density at radius 2 is 1.79 bits per heavy atom. The number of nitrogens with zero attached hydrogens (tertiary/aromatic N) is 1. The van der Waals surface area contributed by atoms with Crippen molar-refractivity contribution in [1.29, 1.82) is 0 Å². The van der Waals surface area contributed by atoms with Gasteiger partial charge in [0.05, 0.1) is 13.2 Å². The third-order valence-electron chi connectivity index (χ3n) is 5.35. The molecule has 10 nitrogen and oxygen atoms in total. The summed E-state index contributed by atoms with van der Waals surface area (Å²) in [5.74, 6) is 1.94. The molecular weight excluding hydrogens is 462 g/mol. The second-order valence-corrected chi connectivity index (χ2v) is 9.13. The maximum absolute atomic E-state index is 11.7. The number of nitrogens with one attached hydrogen (secondary N) is 2. The van der Waals surface area contributed by atoms with Gasteiger partial charge in [-0.2, -0.15) is 18.1 Å². The topological polar surface area (TPSA) is 125 Å². The van der Waals surface area contributed by atoms with E-state index in [1.54, 1.807) is 48.5 Å². The number of aromatic nitrogens is 1. The summed E-state index contributed by atoms with van der Waals surface area (Å²) in [5.41, 5.74) is 1.50. The lowest BCUT2D eigenvalue weighted by Gasteiger charge is -2.24. The van der Waals surface area contributed by atoms with E-state index < -0.39 is 22.2 Å². The van der Waals surface area contributed by atoms with Crippen molar-refractivity contribution >= 4 is 16.1 Å². The average Bonchev–Trinajstić information content (AvgIpc) is 3.22. The lowest BCUT2D eigenvalue weighted by molar-refractivity contribution is -0.120. The van der Waals surface area contributed by atoms with Crippen LogP contribution >= 0.6 is 0 Å². The highest BCUT2D eigenvalue weighted by Gasteiger charge is 2.31. The summed E-state index contributed by atoms with van der Waals surface area (Å²) in [4.78, 5) is 15.9. The number of para-hydroxylation sites is 1. The second-order valence-electron chi connectivity index (χ2n) is 7.68. The number of hydrogen-bond acceptors (Lipinski definition) is 8. The van der Waals surface area contributed by atoms with Gasteiger partial charge in [-0.15, -0.1) is 0 Å². The molecule has 1 amide bonds. The van der Waals surface area contributed by atoms with Gasteiger partial charge in [0.2, 0.25) is 17.7 Å². The van der Waals surface area contributed by atoms with Crippen molar-refractivity contribution in [1.82, 2.24) is 14.4 Å². The Hall–Kier alpha value is -3.83. The van der Waals surface area contributed by atoms with Gasteiger partial charge in [-0.05, 0) is 23.8 Å². The standard InChI is InChI=1S/C23H21N3O7S/c1-30-21-6-3-7-22(24-21)33-18-5-2-4-16-19(13-31-23(16)18)32-15-10-8-14(9-11-15)17-12-20(27)26-34(28,29)25-17/h2-11,17,19,25H,12-13H2,1H3,(H,26,27)/t17?,19-/m1/s1. The minimum Gasteiger partial charge on any atom is -0.485 e. The molecule has 3 heterocycles. The van der Waals surface area contributed by atoms with E-state index in [2.05, 4.69) is 9.71 Å². The highest BCUT2D eigenvalue weighted by atomic mass is 32.2. The van der Waals surface area contributed by atoms with E-state index in [1.807, 2.05) is 16.9 Å². The quantitative estimate of drug-likeness (QED) is 0.548. The number of amides is 1. The molecule has 176 valence electrons. The number of methoxy groups -OCH3 is 1. The lowest BCUT2D eigenvalue weighted by atomic mass is 10.0. The molecule has 2 aliphatic heterocycles. The minimum atomic E-state index is -3.84. The van der Waals surface area contributed by atoms with Crippen molar-refractivity contribution in [3.8, 4) is 29.0 Å². The molecule has 5 rings (SSSR count). The monoisotopic (exact) mass is 483 g/mol. The summed E-state index contributed by atoms with van der Waals surface area (Å²) in [7, 11) is -2.31. The number of hydrogen-bond donors (Lipinski definition) is 2. The van der Waals surface area contributed by atoms with Crippen LogP contribution in [0.4, 0.5) is 0 Å². The molecule has 34 heavy (non-hydrogen) atoms. The van der Waals surface area contributed by atoms with Gasteiger partial charge in [0.1, 0.15) is 12.4 Å². The van der Waals surface area contributed by atoms with E-state index in [1.165, 1.54) is 7.11 Å². The summed E-state index contributed by atoms with van der Waals surface area (Å²) in [6.45, 7) is 0.297. The van der Waals surface area contributed by atoms with Crippen LogP contribution in [0.3, 0.4) is 0 Å². The van der Waals surface area contributed by atoms with Gasteiger partial charge < -0.3 is 18.9 Å². The number of ether oxygens (including phenoxy) is 4. The van der Waals surface area contributed by atoms with E-state index in [4.69, 9.17) is 18.9 Å². The molecule has 2 atom stereocenters. The number of benzene rings is 2. The third-order valence-corrected chi connectivity index (χ3v) is 6.44. The predicted octanol–water partition coefficient (Wildman–Crippen LogP) is 2.79. The summed E-state index contributed by atoms with van der Waals surface area (Å²) >= 11 is 0. The fraction of sp³-hybridized carbons (Fsp3) is 0.217. The lowest BCUT2D eigenvalue weighted by Crippen LogP contribution is -2.48. The predicted molar refractivity (Wildman–Crippen MR) is 120 cm³/mol. The second kappa shape index (κ2) is 8.84. The van der Waals surface area contributed by atoms with Crippen molar-refractivity contribution in [2.45, 2.75) is 18.6 Å². The first-order chi connectivity index (χ1) is 16.4. The Bertz CT molecular complexity index is 1330. The molecule has 0 aliphatic carbocycles. The van der Waals surface area contributed by atoms with Crippen LogP contribution in [0.2, 0.25) is 0 Å². The largest absolute Gasteiger partial charge is 0.485 e. The Labute approximate surface area is 196 Å². The maximum atomic E-state index is 11.7. The van der Waals surface area contributed by atoms with Crippen molar-refractivity contribution < 1.29 is 32.2 Å². The number of pyridine rings is 1. The van der Waals surface area contributed by atoms with Gasteiger partial charge in [0.15, 0.2) is 17.6 Å². The Morgan fingerprint density at radius 3 is 2.56 bits per heavy atom. The number of carbonyl (C=O) groups excluding carboxylic acids is 1. The van der Waals surface area contributed by atoms with Crippen LogP contribution in [-0.4, -0.2) is 33.0 Å². The first kappa shape index (κ1) is 22.0. The molecule has 1 saturated heterocycles. The van der Waals surface area contributed by atoms with Gasteiger partial charge in [0, 0.05) is 24.1 Å². The Kier molecular flexibility index (Phi) is 5.72. The molecule has 11 heteroatoms. The first-order valence-electron chi connectivity index (χ1n) is 10.4. The van der Waals surface area contributed by atoms with Crippen LogP contribution in [-0.2, 0) is 15.0 Å². The highest BCUT2D eigenvalue weighted by Crippen LogP contribution is 2.43. The Morgan fingerprint density at radius 1 is 1.03 bits per heavy atom. The van der Waals surface area contributed by atoms with Gasteiger partial charge >= 0.3 is 10.2 Å². The van der Waals surface area contributed by atoms with Crippen LogP contribution < -0.4 is 28.4 Å². The van der Waals surface area contributed by atoms with E-state index in [-0.39, 0.29) is 12.5 Å². The molecular formula is C23H21N3O7S. The molecule has 1 fully saturated rings. The molecule has 3 aromatic rings. The number of fused-ring (bicyclic) bond motifs is 1. The van der Waals surface area contributed by atoms with Crippen LogP contribution in [0, 0.1) is 0 Å². The van der Waals surface area contributed by atoms with Crippen molar-refractivity contribution in [2.24, 2.45) is 0 Å². The third kappa shape index (κ3) is 4.61. The van der Waals surface area contributed by atoms with E-state index in [0.717, 1.165) is 5.56 Å². The molecule has 0 radical (unpaired) electrons. The van der Waals surface area contributed by atoms with Crippen LogP contribution in [0.1, 0.15) is 29.7 Å². The van der Waals surface area contributed by atoms with E-state index >= 15 is 0 Å². The summed E-state index contributed by atoms with van der Waals surface area (Å²) in [6, 6.07) is 17.1. The zero-order valence-corrected chi connectivity index (χ0v) is 18.9. The first-order valence-corrected chi connectivity index (χ1v) is 11.9. The normalized spacial score (nSPS) is 20.6. The smallest absolute Gasteiger partial charge is 0.301 e. The maximum Gasteiger partial charge on any atom is 0.301 e. The SMILES string of the molecule is COc1cccc(Oc2cccc3c2OC[C@H]3Oc2ccc(C3CC(=O)NS(=O)(=O)N3)cc2)n1. The summed E-state index contributed by atoms with van der Waals surface area (Å²) in [6.07, 6.45) is -0.338. The van der Waals surface area contributed by atoms with Gasteiger partial charge in [-0.1, -0.05) is 30.3 Å². The highest BCUT2D eigenvalue weighted by molar-refractivity contribution is 7.88. The fourth-order valence-corrected chi connectivity index (χ4v) is 4.85. The van der Waals surface area contributed by atoms with Crippen LogP contribution in [0.15, 0.2) is 60.7 Å². The van der Waals surface area contributed by atoms with Gasteiger partial charge in [0.25, 0.3) is 0 Å². The molecule has 0 spiro atoms. The van der Waals surface area contributed by atoms with E-state index in [0.29, 0.717) is 41.2 Å². The molecule has 1 aromatic heterocycles. The Balaban J connectivity index is 1.30. The number of carbonyl (C=O) groups is 1.